The van der Waals surface area contributed by atoms with Crippen molar-refractivity contribution in [2.45, 2.75) is 239 Å². The van der Waals surface area contributed by atoms with Gasteiger partial charge in [-0.2, -0.15) is 0 Å². The van der Waals surface area contributed by atoms with Gasteiger partial charge in [-0.05, 0) is 25.2 Å². The molecule has 2 atom stereocenters. The Bertz CT molecular complexity index is 738. The summed E-state index contributed by atoms with van der Waals surface area (Å²) in [5.41, 5.74) is 0. The van der Waals surface area contributed by atoms with Crippen LogP contribution in [0.5, 0.6) is 0 Å². The molecule has 1 unspecified atom stereocenters. The van der Waals surface area contributed by atoms with E-state index in [4.69, 9.17) is 14.2 Å². The van der Waals surface area contributed by atoms with Crippen molar-refractivity contribution in [2.75, 3.05) is 13.2 Å². The highest BCUT2D eigenvalue weighted by Crippen LogP contribution is 2.16. The Labute approximate surface area is 304 Å². The lowest BCUT2D eigenvalue weighted by molar-refractivity contribution is -0.167. The third-order valence-electron chi connectivity index (χ3n) is 9.90. The van der Waals surface area contributed by atoms with E-state index in [1.165, 1.54) is 122 Å². The highest BCUT2D eigenvalue weighted by atomic mass is 16.6. The molecular formula is C43H82O6. The fourth-order valence-electron chi connectivity index (χ4n) is 6.24. The third-order valence-corrected chi connectivity index (χ3v) is 9.90. The molecule has 0 aromatic carbocycles. The predicted octanol–water partition coefficient (Wildman–Crippen LogP) is 13.2. The van der Waals surface area contributed by atoms with Gasteiger partial charge in [-0.1, -0.05) is 195 Å². The summed E-state index contributed by atoms with van der Waals surface area (Å²) in [5.74, 6) is -0.00244. The molecule has 0 aromatic heterocycles. The minimum atomic E-state index is -0.757. The van der Waals surface area contributed by atoms with Gasteiger partial charge in [0, 0.05) is 19.3 Å². The van der Waals surface area contributed by atoms with E-state index in [2.05, 4.69) is 27.7 Å². The molecule has 0 heterocycles. The van der Waals surface area contributed by atoms with Crippen LogP contribution in [0, 0.1) is 5.92 Å². The van der Waals surface area contributed by atoms with Gasteiger partial charge in [0.2, 0.25) is 0 Å². The van der Waals surface area contributed by atoms with Crippen LogP contribution in [0.4, 0.5) is 0 Å². The summed E-state index contributed by atoms with van der Waals surface area (Å²) < 4.78 is 16.6. The molecule has 0 N–H and O–H groups in total. The number of hydrogen-bond donors (Lipinski definition) is 0. The lowest BCUT2D eigenvalue weighted by Crippen LogP contribution is -2.30. The van der Waals surface area contributed by atoms with E-state index in [-0.39, 0.29) is 31.1 Å². The Morgan fingerprint density at radius 1 is 0.408 bits per heavy atom. The van der Waals surface area contributed by atoms with Gasteiger partial charge in [-0.3, -0.25) is 14.4 Å². The molecule has 0 saturated heterocycles. The fraction of sp³-hybridized carbons (Fsp3) is 0.930. The Kier molecular flexibility index (Phi) is 36.4. The second kappa shape index (κ2) is 37.7. The maximum atomic E-state index is 12.6. The summed E-state index contributed by atoms with van der Waals surface area (Å²) in [5, 5.41) is 0. The van der Waals surface area contributed by atoms with Crippen LogP contribution < -0.4 is 0 Å². The maximum absolute atomic E-state index is 12.6. The minimum absolute atomic E-state index is 0.0653. The van der Waals surface area contributed by atoms with Crippen molar-refractivity contribution in [2.24, 2.45) is 5.92 Å². The third kappa shape index (κ3) is 36.0. The van der Waals surface area contributed by atoms with Crippen LogP contribution in [0.2, 0.25) is 0 Å². The summed E-state index contributed by atoms with van der Waals surface area (Å²) in [4.78, 5) is 37.4. The Balaban J connectivity index is 4.22. The van der Waals surface area contributed by atoms with E-state index < -0.39 is 6.10 Å². The molecule has 0 radical (unpaired) electrons. The van der Waals surface area contributed by atoms with E-state index in [1.54, 1.807) is 0 Å². The van der Waals surface area contributed by atoms with Crippen molar-refractivity contribution >= 4 is 17.9 Å². The first kappa shape index (κ1) is 47.4. The van der Waals surface area contributed by atoms with Gasteiger partial charge in [0.15, 0.2) is 6.10 Å². The molecule has 0 bridgehead atoms. The van der Waals surface area contributed by atoms with Gasteiger partial charge in [-0.15, -0.1) is 0 Å². The lowest BCUT2D eigenvalue weighted by atomic mass is 9.99. The van der Waals surface area contributed by atoms with Gasteiger partial charge in [-0.25, -0.2) is 0 Å². The molecule has 0 aliphatic rings. The van der Waals surface area contributed by atoms with Crippen LogP contribution >= 0.6 is 0 Å². The average Bonchev–Trinajstić information content (AvgIpc) is 3.10. The number of carbonyl (C=O) groups is 3. The standard InChI is InChI=1S/C43H82O6/c1-5-8-10-12-13-14-15-16-21-24-28-32-36-43(46)49-40(37-47-41(44)34-30-25-11-9-6-2)38-48-42(45)35-31-27-23-20-18-17-19-22-26-29-33-39(4)7-3/h39-40H,5-38H2,1-4H3/t39?,40-/m0/s1. The summed E-state index contributed by atoms with van der Waals surface area (Å²) in [7, 11) is 0. The zero-order chi connectivity index (χ0) is 36.0. The smallest absolute Gasteiger partial charge is 0.306 e. The molecular weight excluding hydrogens is 612 g/mol. The largest absolute Gasteiger partial charge is 0.462 e. The molecule has 0 rings (SSSR count). The van der Waals surface area contributed by atoms with E-state index in [0.29, 0.717) is 19.3 Å². The first-order valence-electron chi connectivity index (χ1n) is 21.4. The lowest BCUT2D eigenvalue weighted by Gasteiger charge is -2.18. The Morgan fingerprint density at radius 2 is 0.714 bits per heavy atom. The van der Waals surface area contributed by atoms with E-state index in [9.17, 15) is 14.4 Å². The molecule has 0 saturated carbocycles. The molecule has 0 aliphatic carbocycles. The molecule has 290 valence electrons. The van der Waals surface area contributed by atoms with Gasteiger partial charge in [0.05, 0.1) is 0 Å². The van der Waals surface area contributed by atoms with Gasteiger partial charge < -0.3 is 14.2 Å². The van der Waals surface area contributed by atoms with Crippen molar-refractivity contribution in [3.8, 4) is 0 Å². The van der Waals surface area contributed by atoms with E-state index in [0.717, 1.165) is 70.1 Å². The number of unbranched alkanes of at least 4 members (excludes halogenated alkanes) is 24. The molecule has 0 spiro atoms. The zero-order valence-electron chi connectivity index (χ0n) is 33.1. The SMILES string of the molecule is CCCCCCCCCCCCCCC(=O)O[C@@H](COC(=O)CCCCCCC)COC(=O)CCCCCCCCCCCCC(C)CC. The van der Waals surface area contributed by atoms with Crippen molar-refractivity contribution in [1.29, 1.82) is 0 Å². The summed E-state index contributed by atoms with van der Waals surface area (Å²) in [6.45, 7) is 8.92. The summed E-state index contributed by atoms with van der Waals surface area (Å²) in [6, 6.07) is 0. The Hall–Kier alpha value is -1.59. The molecule has 0 aromatic rings. The number of carbonyl (C=O) groups excluding carboxylic acids is 3. The van der Waals surface area contributed by atoms with Crippen molar-refractivity contribution in [1.82, 2.24) is 0 Å². The summed E-state index contributed by atoms with van der Waals surface area (Å²) >= 11 is 0. The number of esters is 3. The van der Waals surface area contributed by atoms with Crippen LogP contribution in [0.3, 0.4) is 0 Å². The molecule has 0 fully saturated rings. The number of ether oxygens (including phenoxy) is 3. The van der Waals surface area contributed by atoms with Crippen LogP contribution in [0.15, 0.2) is 0 Å². The molecule has 0 aliphatic heterocycles. The number of hydrogen-bond acceptors (Lipinski definition) is 6. The van der Waals surface area contributed by atoms with Crippen LogP contribution in [-0.2, 0) is 28.6 Å². The van der Waals surface area contributed by atoms with Crippen LogP contribution in [-0.4, -0.2) is 37.2 Å². The van der Waals surface area contributed by atoms with Gasteiger partial charge in [0.1, 0.15) is 13.2 Å². The van der Waals surface area contributed by atoms with Crippen molar-refractivity contribution in [3.05, 3.63) is 0 Å². The molecule has 49 heavy (non-hydrogen) atoms. The zero-order valence-corrected chi connectivity index (χ0v) is 33.1. The summed E-state index contributed by atoms with van der Waals surface area (Å²) in [6.07, 6.45) is 35.3. The number of rotatable bonds is 38. The molecule has 0 amide bonds. The normalized spacial score (nSPS) is 12.5. The van der Waals surface area contributed by atoms with E-state index >= 15 is 0 Å². The second-order valence-electron chi connectivity index (χ2n) is 14.9. The predicted molar refractivity (Wildman–Crippen MR) is 206 cm³/mol. The van der Waals surface area contributed by atoms with Crippen LogP contribution in [0.1, 0.15) is 233 Å². The Morgan fingerprint density at radius 3 is 1.06 bits per heavy atom. The molecule has 6 heteroatoms. The first-order chi connectivity index (χ1) is 23.9. The van der Waals surface area contributed by atoms with Gasteiger partial charge >= 0.3 is 17.9 Å². The minimum Gasteiger partial charge on any atom is -0.462 e. The monoisotopic (exact) mass is 695 g/mol. The van der Waals surface area contributed by atoms with Crippen molar-refractivity contribution < 1.29 is 28.6 Å². The van der Waals surface area contributed by atoms with Gasteiger partial charge in [0.25, 0.3) is 0 Å². The quantitative estimate of drug-likeness (QED) is 0.0364. The highest BCUT2D eigenvalue weighted by molar-refractivity contribution is 5.71. The first-order valence-corrected chi connectivity index (χ1v) is 21.4. The molecule has 6 nitrogen and oxygen atoms in total. The maximum Gasteiger partial charge on any atom is 0.306 e. The topological polar surface area (TPSA) is 78.9 Å². The highest BCUT2D eigenvalue weighted by Gasteiger charge is 2.19. The van der Waals surface area contributed by atoms with Crippen LogP contribution in [0.25, 0.3) is 0 Å². The average molecular weight is 695 g/mol. The van der Waals surface area contributed by atoms with Crippen molar-refractivity contribution in [3.63, 3.8) is 0 Å². The van der Waals surface area contributed by atoms with E-state index in [1.807, 2.05) is 0 Å². The second-order valence-corrected chi connectivity index (χ2v) is 14.9. The fourth-order valence-corrected chi connectivity index (χ4v) is 6.24.